The third-order valence-electron chi connectivity index (χ3n) is 29.2. The van der Waals surface area contributed by atoms with Crippen LogP contribution in [-0.2, 0) is 9.59 Å². The summed E-state index contributed by atoms with van der Waals surface area (Å²) in [5.41, 5.74) is 7.81. The molecule has 0 heterocycles. The van der Waals surface area contributed by atoms with Crippen LogP contribution in [0.3, 0.4) is 0 Å². The lowest BCUT2D eigenvalue weighted by atomic mass is 9.68. The highest BCUT2D eigenvalue weighted by Crippen LogP contribution is 2.48. The van der Waals surface area contributed by atoms with E-state index in [4.69, 9.17) is 9.47 Å². The van der Waals surface area contributed by atoms with E-state index in [0.717, 1.165) is 117 Å². The number of unbranched alkanes of at least 4 members (excludes halogenated alkanes) is 3. The number of carbonyl (C=O) groups is 2. The standard InChI is InChI=1S/C26H22O4.C22H34.C20H38.C19H36.C17H32/c1-17(2)25(27)29-23-13-9-21(10-14-23)19-5-7-20(8-6-19)22-11-15-24(16-12-22)30-26(28)18(3)4;1-3-4-18-7-11-20(12-8-18)22-15-13-21(14-16-22)19-9-5-17(2)6-10-19;1-3-5-6-8-18-11-15-20(16-12-18)19-13-9-17(7-4-2)10-14-19;1-3-5-7-17-10-14-19(15-11-17)18-12-8-16(6-4-2)9-13-18;1-3-5-15-8-12-17(13-9-15)16-10-6-14(4-2)7-11-16/h5-16H,1,3H2,2,4H3;5-6,9-10,18,20-22H,3-4,7-8,11-16H2,1-2H3;17-20H,3-16H2,1-2H3;16-19H,3-15H2,1-2H3;14-17H,3-13H2,1-2H3. The summed E-state index contributed by atoms with van der Waals surface area (Å²) in [5.74, 6) is 17.3. The van der Waals surface area contributed by atoms with Crippen molar-refractivity contribution in [2.75, 3.05) is 0 Å². The van der Waals surface area contributed by atoms with Gasteiger partial charge in [0, 0.05) is 11.1 Å². The fourth-order valence-corrected chi connectivity index (χ4v) is 22.0. The van der Waals surface area contributed by atoms with Crippen molar-refractivity contribution >= 4 is 11.9 Å². The number of carbonyl (C=O) groups excluding carboxylic acids is 2. The molecule has 0 radical (unpaired) electrons. The van der Waals surface area contributed by atoms with Crippen LogP contribution in [0, 0.1) is 95.7 Å². The Kier molecular flexibility index (Phi) is 40.9. The number of rotatable bonds is 27. The average Bonchev–Trinajstić information content (AvgIpc) is 0.861. The summed E-state index contributed by atoms with van der Waals surface area (Å²) in [6.07, 6.45) is 72.6. The zero-order valence-electron chi connectivity index (χ0n) is 71.5. The Morgan fingerprint density at radius 2 is 0.528 bits per heavy atom. The lowest BCUT2D eigenvalue weighted by molar-refractivity contribution is -0.130. The molecule has 108 heavy (non-hydrogen) atoms. The molecular formula is C104H162O4. The monoisotopic (exact) mass is 1480 g/mol. The van der Waals surface area contributed by atoms with E-state index >= 15 is 0 Å². The van der Waals surface area contributed by atoms with Crippen LogP contribution in [0.5, 0.6) is 11.5 Å². The van der Waals surface area contributed by atoms with Crippen molar-refractivity contribution in [3.63, 3.8) is 0 Å². The Hall–Kier alpha value is -4.70. The summed E-state index contributed by atoms with van der Waals surface area (Å²) in [6.45, 7) is 29.0. The molecular weight excluding hydrogens is 1310 g/mol. The van der Waals surface area contributed by atoms with Crippen molar-refractivity contribution in [2.45, 2.75) is 383 Å². The van der Waals surface area contributed by atoms with E-state index in [9.17, 15) is 9.59 Å². The van der Waals surface area contributed by atoms with Crippen LogP contribution in [0.2, 0.25) is 0 Å². The third kappa shape index (κ3) is 30.7. The minimum Gasteiger partial charge on any atom is -0.423 e. The molecule has 0 unspecified atom stereocenters. The fourth-order valence-electron chi connectivity index (χ4n) is 22.0. The van der Waals surface area contributed by atoms with E-state index in [1.165, 1.54) is 173 Å². The summed E-state index contributed by atoms with van der Waals surface area (Å²) in [7, 11) is 0. The molecule has 0 N–H and O–H groups in total. The molecule has 8 fully saturated rings. The van der Waals surface area contributed by atoms with Crippen LogP contribution in [0.15, 0.2) is 121 Å². The highest BCUT2D eigenvalue weighted by atomic mass is 16.5. The lowest BCUT2D eigenvalue weighted by Gasteiger charge is -2.38. The predicted molar refractivity (Wildman–Crippen MR) is 466 cm³/mol. The Morgan fingerprint density at radius 3 is 0.778 bits per heavy atom. The molecule has 8 aliphatic rings. The van der Waals surface area contributed by atoms with Crippen LogP contribution >= 0.6 is 0 Å². The van der Waals surface area contributed by atoms with E-state index in [-0.39, 0.29) is 0 Å². The van der Waals surface area contributed by atoms with Gasteiger partial charge in [-0.05, 0) is 283 Å². The summed E-state index contributed by atoms with van der Waals surface area (Å²) in [6, 6.07) is 32.1. The third-order valence-corrected chi connectivity index (χ3v) is 29.2. The molecule has 602 valence electrons. The van der Waals surface area contributed by atoms with Crippen LogP contribution in [0.4, 0.5) is 0 Å². The number of hydrogen-bond acceptors (Lipinski definition) is 4. The van der Waals surface area contributed by atoms with E-state index in [1.807, 2.05) is 48.5 Å². The van der Waals surface area contributed by atoms with Gasteiger partial charge < -0.3 is 9.47 Å². The zero-order chi connectivity index (χ0) is 76.8. The highest BCUT2D eigenvalue weighted by Gasteiger charge is 2.35. The van der Waals surface area contributed by atoms with Gasteiger partial charge in [-0.3, -0.25) is 0 Å². The molecule has 4 heteroatoms. The first-order valence-corrected chi connectivity index (χ1v) is 46.7. The van der Waals surface area contributed by atoms with Crippen LogP contribution in [0.25, 0.3) is 22.3 Å². The molecule has 4 aromatic carbocycles. The average molecular weight is 1480 g/mol. The lowest BCUT2D eigenvalue weighted by Crippen LogP contribution is -2.25. The van der Waals surface area contributed by atoms with Gasteiger partial charge in [0.2, 0.25) is 0 Å². The van der Waals surface area contributed by atoms with Crippen molar-refractivity contribution in [3.8, 4) is 33.8 Å². The molecule has 4 nitrogen and oxygen atoms in total. The molecule has 0 bridgehead atoms. The van der Waals surface area contributed by atoms with E-state index < -0.39 is 11.9 Å². The first-order valence-electron chi connectivity index (χ1n) is 46.7. The Morgan fingerprint density at radius 1 is 0.287 bits per heavy atom. The molecule has 12 rings (SSSR count). The molecule has 0 saturated heterocycles. The molecule has 0 aromatic heterocycles. The minimum atomic E-state index is -0.437. The van der Waals surface area contributed by atoms with Crippen molar-refractivity contribution in [2.24, 2.45) is 88.8 Å². The summed E-state index contributed by atoms with van der Waals surface area (Å²) in [4.78, 5) is 23.2. The Labute approximate surface area is 665 Å². The van der Waals surface area contributed by atoms with Gasteiger partial charge in [-0.15, -0.1) is 0 Å². The minimum absolute atomic E-state index is 0.358. The maximum atomic E-state index is 11.6. The number of ether oxygens (including phenoxy) is 2. The number of hydrogen-bond donors (Lipinski definition) is 0. The van der Waals surface area contributed by atoms with Gasteiger partial charge in [0.25, 0.3) is 0 Å². The predicted octanol–water partition coefficient (Wildman–Crippen LogP) is 32.2. The second kappa shape index (κ2) is 49.7. The van der Waals surface area contributed by atoms with Gasteiger partial charge in [-0.2, -0.15) is 0 Å². The summed E-state index contributed by atoms with van der Waals surface area (Å²) >= 11 is 0. The molecule has 0 aliphatic heterocycles. The first kappa shape index (κ1) is 88.9. The first-order chi connectivity index (χ1) is 52.6. The highest BCUT2D eigenvalue weighted by molar-refractivity contribution is 5.89. The van der Waals surface area contributed by atoms with Gasteiger partial charge in [-0.1, -0.05) is 333 Å². The van der Waals surface area contributed by atoms with E-state index in [1.54, 1.807) is 185 Å². The molecule has 4 aromatic rings. The second-order valence-electron chi connectivity index (χ2n) is 37.2. The smallest absolute Gasteiger partial charge is 0.338 e. The maximum Gasteiger partial charge on any atom is 0.338 e. The maximum absolute atomic E-state index is 11.6. The molecule has 8 saturated carbocycles. The van der Waals surface area contributed by atoms with Crippen LogP contribution in [0.1, 0.15) is 388 Å². The normalized spacial score (nSPS) is 28.6. The number of benzene rings is 4. The zero-order valence-corrected chi connectivity index (χ0v) is 71.5. The molecule has 0 atom stereocenters. The van der Waals surface area contributed by atoms with E-state index in [2.05, 4.69) is 92.8 Å². The quantitative estimate of drug-likeness (QED) is 0.0258. The van der Waals surface area contributed by atoms with Gasteiger partial charge in [0.05, 0.1) is 0 Å². The SMILES string of the molecule is C=C(C)C(=O)Oc1ccc(-c2ccc(-c3ccc(OC(=O)C(=C)C)cc3)cc2)cc1.CCCC1CCC(C2CCC(CC)CC2)CC1.CCCC1CCC(C2CCC(c3ccc(C)cc3)CC2)CC1.CCCCC1CCC(C2CCC(CCC)CC2)CC1.CCCCCC1CCC(C2CCC(CCC)CC2)CC1. The Bertz CT molecular complexity index is 2940. The molecule has 0 spiro atoms. The van der Waals surface area contributed by atoms with Crippen molar-refractivity contribution in [1.82, 2.24) is 0 Å². The van der Waals surface area contributed by atoms with Gasteiger partial charge in [-0.25, -0.2) is 9.59 Å². The van der Waals surface area contributed by atoms with E-state index in [0.29, 0.717) is 22.6 Å². The van der Waals surface area contributed by atoms with Gasteiger partial charge in [0.1, 0.15) is 11.5 Å². The second-order valence-corrected chi connectivity index (χ2v) is 37.2. The largest absolute Gasteiger partial charge is 0.423 e. The summed E-state index contributed by atoms with van der Waals surface area (Å²) in [5, 5.41) is 0. The van der Waals surface area contributed by atoms with Crippen molar-refractivity contribution < 1.29 is 19.1 Å². The molecule has 0 amide bonds. The van der Waals surface area contributed by atoms with Gasteiger partial charge >= 0.3 is 11.9 Å². The van der Waals surface area contributed by atoms with Crippen LogP contribution < -0.4 is 9.47 Å². The number of esters is 2. The number of aryl methyl sites for hydroxylation is 1. The topological polar surface area (TPSA) is 52.6 Å². The van der Waals surface area contributed by atoms with Crippen molar-refractivity contribution in [1.29, 1.82) is 0 Å². The summed E-state index contributed by atoms with van der Waals surface area (Å²) < 4.78 is 10.4. The fraction of sp³-hybridized carbons (Fsp3) is 0.712. The molecule has 8 aliphatic carbocycles. The van der Waals surface area contributed by atoms with Crippen LogP contribution in [-0.4, -0.2) is 11.9 Å². The van der Waals surface area contributed by atoms with Crippen molar-refractivity contribution in [3.05, 3.63) is 132 Å². The Balaban J connectivity index is 0.000000173. The van der Waals surface area contributed by atoms with Gasteiger partial charge in [0.15, 0.2) is 0 Å².